The van der Waals surface area contributed by atoms with Crippen LogP contribution in [0, 0.1) is 27.7 Å². The Hall–Kier alpha value is -5.69. The van der Waals surface area contributed by atoms with Crippen molar-refractivity contribution in [2.75, 3.05) is 9.80 Å². The SMILES string of the molecule is Cc1ccc(C)c(N(c2ccccc2)c2ccc3c4c(ccc3c2)-c2c(cc(N(c3ccccc3)c3cc(C)ccc3C)c3ccccc23)C4([Si](C)(C)C)[Si](C)(C)C)c1. The van der Waals surface area contributed by atoms with Crippen LogP contribution in [0.4, 0.5) is 34.1 Å². The third-order valence-electron chi connectivity index (χ3n) is 13.1. The Bertz CT molecular complexity index is 2890. The molecule has 4 heteroatoms. The predicted octanol–water partition coefficient (Wildman–Crippen LogP) is 16.2. The van der Waals surface area contributed by atoms with Crippen LogP contribution >= 0.6 is 0 Å². The van der Waals surface area contributed by atoms with Crippen LogP contribution in [0.2, 0.25) is 39.3 Å². The Kier molecular flexibility index (Phi) is 9.37. The van der Waals surface area contributed by atoms with E-state index < -0.39 is 16.1 Å². The molecule has 1 aliphatic carbocycles. The number of nitrogens with zero attached hydrogens (tertiary/aromatic N) is 2. The molecule has 0 aromatic heterocycles. The van der Waals surface area contributed by atoms with Crippen molar-refractivity contribution in [3.8, 4) is 11.1 Å². The van der Waals surface area contributed by atoms with Crippen molar-refractivity contribution in [3.63, 3.8) is 0 Å². The second-order valence-corrected chi connectivity index (χ2v) is 29.9. The van der Waals surface area contributed by atoms with Crippen LogP contribution in [0.25, 0.3) is 32.7 Å². The van der Waals surface area contributed by atoms with E-state index in [2.05, 4.69) is 235 Å². The van der Waals surface area contributed by atoms with Crippen LogP contribution in [0.15, 0.2) is 158 Å². The number of fused-ring (bicyclic) bond motifs is 7. The molecule has 0 radical (unpaired) electrons. The predicted molar refractivity (Wildman–Crippen MR) is 263 cm³/mol. The summed E-state index contributed by atoms with van der Waals surface area (Å²) in [5.74, 6) is 0. The lowest BCUT2D eigenvalue weighted by Gasteiger charge is -2.52. The lowest BCUT2D eigenvalue weighted by molar-refractivity contribution is 0.962. The molecule has 0 amide bonds. The average molecular weight is 801 g/mol. The average Bonchev–Trinajstić information content (AvgIpc) is 3.54. The van der Waals surface area contributed by atoms with Crippen molar-refractivity contribution in [3.05, 3.63) is 191 Å². The third kappa shape index (κ3) is 6.10. The summed E-state index contributed by atoms with van der Waals surface area (Å²) >= 11 is 0. The highest BCUT2D eigenvalue weighted by Gasteiger charge is 2.60. The number of hydrogen-bond donors (Lipinski definition) is 0. The molecule has 0 heterocycles. The highest BCUT2D eigenvalue weighted by Crippen LogP contribution is 2.62. The molecular weight excluding hydrogens is 745 g/mol. The zero-order valence-corrected chi connectivity index (χ0v) is 38.4. The Morgan fingerprint density at radius 1 is 0.407 bits per heavy atom. The molecule has 294 valence electrons. The van der Waals surface area contributed by atoms with Crippen molar-refractivity contribution >= 4 is 71.8 Å². The Morgan fingerprint density at radius 2 is 0.932 bits per heavy atom. The fraction of sp³-hybridized carbons (Fsp3) is 0.200. The maximum absolute atomic E-state index is 2.65. The van der Waals surface area contributed by atoms with Crippen molar-refractivity contribution in [2.24, 2.45) is 0 Å². The first-order valence-electron chi connectivity index (χ1n) is 21.2. The summed E-state index contributed by atoms with van der Waals surface area (Å²) in [4.78, 5) is 4.99. The maximum atomic E-state index is 2.65. The largest absolute Gasteiger partial charge is 0.310 e. The highest BCUT2D eigenvalue weighted by atomic mass is 28.4. The van der Waals surface area contributed by atoms with Gasteiger partial charge >= 0.3 is 0 Å². The first-order chi connectivity index (χ1) is 28.2. The molecule has 0 aliphatic heterocycles. The second-order valence-electron chi connectivity index (χ2n) is 18.9. The molecule has 0 unspecified atom stereocenters. The minimum absolute atomic E-state index is 0.0826. The molecule has 8 aromatic rings. The standard InChI is InChI=1S/C55H56N2Si2/c1-37-25-27-39(3)50(33-37)56(42-19-13-11-14-20-42)44-30-32-45-41(35-44)29-31-48-53-47-24-18-17-23-46(47)52(36-49(53)55(54(45)48,58(5,6)7)59(8,9)10)57(43-21-15-12-16-22-43)51-34-38(2)26-28-40(51)4/h11-36H,1-10H3. The van der Waals surface area contributed by atoms with Gasteiger partial charge < -0.3 is 9.80 Å². The molecule has 0 bridgehead atoms. The lowest BCUT2D eigenvalue weighted by Crippen LogP contribution is -2.63. The first-order valence-corrected chi connectivity index (χ1v) is 28.2. The van der Waals surface area contributed by atoms with E-state index in [0.29, 0.717) is 0 Å². The van der Waals surface area contributed by atoms with Crippen molar-refractivity contribution in [1.82, 2.24) is 0 Å². The topological polar surface area (TPSA) is 6.48 Å². The highest BCUT2D eigenvalue weighted by molar-refractivity contribution is 7.00. The number of aryl methyl sites for hydroxylation is 4. The molecule has 0 saturated carbocycles. The van der Waals surface area contributed by atoms with Crippen LogP contribution in [-0.4, -0.2) is 16.1 Å². The van der Waals surface area contributed by atoms with Gasteiger partial charge in [0.25, 0.3) is 0 Å². The van der Waals surface area contributed by atoms with Crippen molar-refractivity contribution in [2.45, 2.75) is 71.6 Å². The zero-order valence-electron chi connectivity index (χ0n) is 36.4. The smallest absolute Gasteiger partial charge is 0.0579 e. The van der Waals surface area contributed by atoms with Gasteiger partial charge in [0.1, 0.15) is 0 Å². The second kappa shape index (κ2) is 14.3. The van der Waals surface area contributed by atoms with Crippen LogP contribution in [-0.2, 0) is 4.66 Å². The van der Waals surface area contributed by atoms with E-state index in [-0.39, 0.29) is 4.66 Å². The van der Waals surface area contributed by atoms with E-state index in [9.17, 15) is 0 Å². The van der Waals surface area contributed by atoms with E-state index in [0.717, 1.165) is 0 Å². The molecule has 0 fully saturated rings. The van der Waals surface area contributed by atoms with Gasteiger partial charge in [-0.25, -0.2) is 0 Å². The van der Waals surface area contributed by atoms with Gasteiger partial charge in [-0.1, -0.05) is 142 Å². The summed E-state index contributed by atoms with van der Waals surface area (Å²) in [6, 6.07) is 59.6. The van der Waals surface area contributed by atoms with Gasteiger partial charge in [-0.15, -0.1) is 0 Å². The van der Waals surface area contributed by atoms with E-state index >= 15 is 0 Å². The molecule has 59 heavy (non-hydrogen) atoms. The fourth-order valence-corrected chi connectivity index (χ4v) is 24.0. The van der Waals surface area contributed by atoms with E-state index in [4.69, 9.17) is 0 Å². The number of para-hydroxylation sites is 2. The number of anilines is 6. The molecule has 0 N–H and O–H groups in total. The van der Waals surface area contributed by atoms with Gasteiger partial charge in [0, 0.05) is 38.5 Å². The van der Waals surface area contributed by atoms with Gasteiger partial charge in [0.05, 0.1) is 21.8 Å². The zero-order chi connectivity index (χ0) is 41.4. The fourth-order valence-electron chi connectivity index (χ4n) is 10.9. The van der Waals surface area contributed by atoms with E-state index in [1.54, 1.807) is 5.56 Å². The van der Waals surface area contributed by atoms with Crippen LogP contribution in [0.5, 0.6) is 0 Å². The minimum Gasteiger partial charge on any atom is -0.310 e. The van der Waals surface area contributed by atoms with E-state index in [1.165, 1.54) is 94.6 Å². The summed E-state index contributed by atoms with van der Waals surface area (Å²) in [7, 11) is -4.15. The summed E-state index contributed by atoms with van der Waals surface area (Å²) < 4.78 is -0.0826. The Balaban J connectivity index is 1.37. The van der Waals surface area contributed by atoms with Gasteiger partial charge in [-0.05, 0) is 143 Å². The molecule has 2 nitrogen and oxygen atoms in total. The monoisotopic (exact) mass is 800 g/mol. The number of benzene rings is 8. The molecule has 0 saturated heterocycles. The Labute approximate surface area is 353 Å². The first kappa shape index (κ1) is 38.8. The molecule has 0 atom stereocenters. The summed E-state index contributed by atoms with van der Waals surface area (Å²) in [5, 5.41) is 5.31. The minimum atomic E-state index is -2.07. The van der Waals surface area contributed by atoms with Crippen molar-refractivity contribution < 1.29 is 0 Å². The van der Waals surface area contributed by atoms with Gasteiger partial charge in [0.15, 0.2) is 0 Å². The maximum Gasteiger partial charge on any atom is 0.0579 e. The molecule has 9 rings (SSSR count). The summed E-state index contributed by atoms with van der Waals surface area (Å²) in [6.45, 7) is 24.7. The van der Waals surface area contributed by atoms with Crippen LogP contribution in [0.1, 0.15) is 33.4 Å². The quantitative estimate of drug-likeness (QED) is 0.141. The number of hydrogen-bond acceptors (Lipinski definition) is 2. The van der Waals surface area contributed by atoms with Crippen molar-refractivity contribution in [1.29, 1.82) is 0 Å². The van der Waals surface area contributed by atoms with Gasteiger partial charge in [-0.3, -0.25) is 0 Å². The lowest BCUT2D eigenvalue weighted by atomic mass is 9.94. The van der Waals surface area contributed by atoms with Crippen LogP contribution in [0.3, 0.4) is 0 Å². The summed E-state index contributed by atoms with van der Waals surface area (Å²) in [6.07, 6.45) is 0. The molecule has 0 spiro atoms. The van der Waals surface area contributed by atoms with Gasteiger partial charge in [0.2, 0.25) is 0 Å². The molecular formula is C55H56N2Si2. The number of rotatable bonds is 8. The van der Waals surface area contributed by atoms with Gasteiger partial charge in [-0.2, -0.15) is 0 Å². The Morgan fingerprint density at radius 3 is 1.51 bits per heavy atom. The molecule has 8 aromatic carbocycles. The normalized spacial score (nSPS) is 13.4. The van der Waals surface area contributed by atoms with Crippen LogP contribution < -0.4 is 9.80 Å². The summed E-state index contributed by atoms with van der Waals surface area (Å²) in [5.41, 5.74) is 18.2. The third-order valence-corrected chi connectivity index (χ3v) is 23.1. The molecule has 1 aliphatic rings. The van der Waals surface area contributed by atoms with E-state index in [1.807, 2.05) is 0 Å².